The smallest absolute Gasteiger partial charge is 0.278 e. The molecule has 31 heavy (non-hydrogen) atoms. The Kier molecular flexibility index (Phi) is 5.45. The van der Waals surface area contributed by atoms with Gasteiger partial charge < -0.3 is 9.84 Å². The van der Waals surface area contributed by atoms with E-state index in [1.165, 1.54) is 12.1 Å². The molecule has 0 spiro atoms. The molecule has 0 fully saturated rings. The van der Waals surface area contributed by atoms with Crippen LogP contribution in [0.2, 0.25) is 0 Å². The first-order valence-electron chi connectivity index (χ1n) is 10.7. The van der Waals surface area contributed by atoms with Crippen molar-refractivity contribution in [1.82, 2.24) is 14.9 Å². The van der Waals surface area contributed by atoms with E-state index in [0.29, 0.717) is 23.8 Å². The van der Waals surface area contributed by atoms with Crippen LogP contribution in [0.4, 0.5) is 10.1 Å². The lowest BCUT2D eigenvalue weighted by Gasteiger charge is -2.33. The normalized spacial score (nSPS) is 16.3. The van der Waals surface area contributed by atoms with E-state index in [1.54, 1.807) is 12.1 Å². The van der Waals surface area contributed by atoms with E-state index in [9.17, 15) is 9.18 Å². The first-order chi connectivity index (χ1) is 14.6. The summed E-state index contributed by atoms with van der Waals surface area (Å²) >= 11 is 0. The highest BCUT2D eigenvalue weighted by molar-refractivity contribution is 6.04. The van der Waals surface area contributed by atoms with Gasteiger partial charge in [0.2, 0.25) is 0 Å². The first-order valence-corrected chi connectivity index (χ1v) is 10.7. The number of aromatic nitrogens is 3. The van der Waals surface area contributed by atoms with E-state index < -0.39 is 0 Å². The molecule has 0 radical (unpaired) electrons. The summed E-state index contributed by atoms with van der Waals surface area (Å²) in [7, 11) is 0. The maximum Gasteiger partial charge on any atom is 0.278 e. The number of rotatable bonds is 4. The molecule has 7 heteroatoms. The average molecular weight is 425 g/mol. The zero-order valence-electron chi connectivity index (χ0n) is 18.8. The Morgan fingerprint density at radius 3 is 2.65 bits per heavy atom. The van der Waals surface area contributed by atoms with Gasteiger partial charge in [-0.25, -0.2) is 4.39 Å². The van der Waals surface area contributed by atoms with Crippen LogP contribution in [0.15, 0.2) is 28.8 Å². The zero-order chi connectivity index (χ0) is 22.3. The summed E-state index contributed by atoms with van der Waals surface area (Å²) in [5, 5.41) is 11.7. The summed E-state index contributed by atoms with van der Waals surface area (Å²) in [5.41, 5.74) is 4.62. The van der Waals surface area contributed by atoms with Crippen molar-refractivity contribution in [3.8, 4) is 0 Å². The molecule has 0 bridgehead atoms. The summed E-state index contributed by atoms with van der Waals surface area (Å²) in [4.78, 5) is 13.1. The van der Waals surface area contributed by atoms with Crippen LogP contribution < -0.4 is 5.32 Å². The molecular formula is C24H29FN4O2. The Labute approximate surface area is 181 Å². The molecule has 4 rings (SSSR count). The van der Waals surface area contributed by atoms with Crippen molar-refractivity contribution >= 4 is 11.6 Å². The number of hydrogen-bond acceptors (Lipinski definition) is 4. The molecule has 0 saturated carbocycles. The summed E-state index contributed by atoms with van der Waals surface area (Å²) in [5.74, 6) is 0.765. The monoisotopic (exact) mass is 424 g/mol. The predicted octanol–water partition coefficient (Wildman–Crippen LogP) is 5.08. The third kappa shape index (κ3) is 4.27. The topological polar surface area (TPSA) is 73.0 Å². The van der Waals surface area contributed by atoms with Crippen molar-refractivity contribution in [2.75, 3.05) is 5.32 Å². The number of carbonyl (C=O) groups is 1. The van der Waals surface area contributed by atoms with Crippen molar-refractivity contribution in [2.24, 2.45) is 11.3 Å². The number of fused-ring (bicyclic) bond motifs is 1. The Morgan fingerprint density at radius 2 is 1.97 bits per heavy atom. The Bertz CT molecular complexity index is 1110. The van der Waals surface area contributed by atoms with Gasteiger partial charge in [-0.1, -0.05) is 38.1 Å². The van der Waals surface area contributed by atoms with Crippen molar-refractivity contribution < 1.29 is 13.7 Å². The van der Waals surface area contributed by atoms with Gasteiger partial charge >= 0.3 is 0 Å². The minimum atomic E-state index is -0.271. The number of amides is 1. The highest BCUT2D eigenvalue weighted by atomic mass is 19.1. The quantitative estimate of drug-likeness (QED) is 0.634. The number of aryl methyl sites for hydroxylation is 2. The van der Waals surface area contributed by atoms with Gasteiger partial charge in [0.1, 0.15) is 11.6 Å². The summed E-state index contributed by atoms with van der Waals surface area (Å²) in [6.07, 6.45) is 2.65. The maximum atomic E-state index is 13.2. The fraction of sp³-hybridized carbons (Fsp3) is 0.458. The molecule has 1 N–H and O–H groups in total. The second-order valence-electron chi connectivity index (χ2n) is 9.52. The average Bonchev–Trinajstić information content (AvgIpc) is 3.25. The molecule has 1 aliphatic carbocycles. The lowest BCUT2D eigenvalue weighted by atomic mass is 9.71. The first kappa shape index (κ1) is 21.3. The number of halogens is 1. The van der Waals surface area contributed by atoms with Gasteiger partial charge in [-0.05, 0) is 55.7 Å². The van der Waals surface area contributed by atoms with Crippen molar-refractivity contribution in [2.45, 2.75) is 60.4 Å². The van der Waals surface area contributed by atoms with Crippen LogP contribution >= 0.6 is 0 Å². The van der Waals surface area contributed by atoms with Gasteiger partial charge in [0.25, 0.3) is 5.91 Å². The van der Waals surface area contributed by atoms with Crippen LogP contribution in [0.25, 0.3) is 0 Å². The molecule has 164 valence electrons. The lowest BCUT2D eigenvalue weighted by Crippen LogP contribution is -2.27. The van der Waals surface area contributed by atoms with Crippen LogP contribution in [0.5, 0.6) is 0 Å². The maximum absolute atomic E-state index is 13.2. The molecule has 1 amide bonds. The summed E-state index contributed by atoms with van der Waals surface area (Å²) in [6.45, 7) is 11.0. The molecule has 1 atom stereocenters. The molecule has 1 aliphatic rings. The van der Waals surface area contributed by atoms with Crippen LogP contribution in [0.1, 0.15) is 66.0 Å². The van der Waals surface area contributed by atoms with Crippen LogP contribution in [0.3, 0.4) is 0 Å². The number of benzene rings is 1. The van der Waals surface area contributed by atoms with Gasteiger partial charge in [-0.3, -0.25) is 9.48 Å². The number of carbonyl (C=O) groups excluding carboxylic acids is 1. The Morgan fingerprint density at radius 1 is 1.26 bits per heavy atom. The largest absolute Gasteiger partial charge is 0.360 e. The Balaban J connectivity index is 1.54. The number of hydrogen-bond donors (Lipinski definition) is 1. The van der Waals surface area contributed by atoms with Gasteiger partial charge in [-0.15, -0.1) is 0 Å². The summed E-state index contributed by atoms with van der Waals surface area (Å²) in [6, 6.07) is 6.33. The van der Waals surface area contributed by atoms with Gasteiger partial charge in [0.15, 0.2) is 5.69 Å². The molecule has 1 unspecified atom stereocenters. The molecule has 3 aromatic rings. The van der Waals surface area contributed by atoms with Crippen molar-refractivity contribution in [3.63, 3.8) is 0 Å². The minimum Gasteiger partial charge on any atom is -0.360 e. The fourth-order valence-electron chi connectivity index (χ4n) is 4.29. The lowest BCUT2D eigenvalue weighted by molar-refractivity contribution is 0.101. The zero-order valence-corrected chi connectivity index (χ0v) is 18.8. The molecule has 1 aromatic carbocycles. The SMILES string of the molecule is Cc1nn(Cc2ccc(F)cc2)c(C)c1NC(=O)c1noc2c1CC(C(C)(C)C)CC2. The third-order valence-electron chi connectivity index (χ3n) is 6.35. The number of anilines is 1. The van der Waals surface area contributed by atoms with Crippen molar-refractivity contribution in [1.29, 1.82) is 0 Å². The summed E-state index contributed by atoms with van der Waals surface area (Å²) < 4.78 is 20.5. The third-order valence-corrected chi connectivity index (χ3v) is 6.35. The van der Waals surface area contributed by atoms with Gasteiger partial charge in [0, 0.05) is 12.0 Å². The van der Waals surface area contributed by atoms with Crippen LogP contribution in [0, 0.1) is 31.0 Å². The second-order valence-corrected chi connectivity index (χ2v) is 9.52. The Hall–Kier alpha value is -2.96. The van der Waals surface area contributed by atoms with E-state index in [1.807, 2.05) is 18.5 Å². The standard InChI is InChI=1S/C24H29FN4O2/c1-14-21(15(2)29(27-14)13-16-6-9-18(25)10-7-16)26-23(30)22-19-12-17(24(3,4)5)8-11-20(19)31-28-22/h6-7,9-10,17H,8,11-13H2,1-5H3,(H,26,30). The predicted molar refractivity (Wildman–Crippen MR) is 117 cm³/mol. The van der Waals surface area contributed by atoms with Crippen molar-refractivity contribution in [3.05, 3.63) is 64.1 Å². The molecule has 0 saturated heterocycles. The van der Waals surface area contributed by atoms with Gasteiger partial charge in [-0.2, -0.15) is 5.10 Å². The minimum absolute atomic E-state index is 0.164. The second kappa shape index (κ2) is 7.94. The van der Waals surface area contributed by atoms with E-state index in [4.69, 9.17) is 4.52 Å². The van der Waals surface area contributed by atoms with Crippen LogP contribution in [-0.2, 0) is 19.4 Å². The number of nitrogens with zero attached hydrogens (tertiary/aromatic N) is 3. The molecule has 2 heterocycles. The van der Waals surface area contributed by atoms with E-state index in [-0.39, 0.29) is 17.1 Å². The van der Waals surface area contributed by atoms with Crippen LogP contribution in [-0.4, -0.2) is 20.8 Å². The van der Waals surface area contributed by atoms with E-state index in [0.717, 1.165) is 47.5 Å². The highest BCUT2D eigenvalue weighted by Crippen LogP contribution is 2.38. The highest BCUT2D eigenvalue weighted by Gasteiger charge is 2.34. The molecular weight excluding hydrogens is 395 g/mol. The van der Waals surface area contributed by atoms with E-state index in [2.05, 4.69) is 36.3 Å². The van der Waals surface area contributed by atoms with Gasteiger partial charge in [0.05, 0.1) is 23.6 Å². The fourth-order valence-corrected chi connectivity index (χ4v) is 4.29. The molecule has 2 aromatic heterocycles. The number of nitrogens with one attached hydrogen (secondary N) is 1. The molecule has 0 aliphatic heterocycles. The molecule has 6 nitrogen and oxygen atoms in total. The van der Waals surface area contributed by atoms with E-state index >= 15 is 0 Å².